The van der Waals surface area contributed by atoms with Crippen LogP contribution in [-0.4, -0.2) is 28.8 Å². The summed E-state index contributed by atoms with van der Waals surface area (Å²) in [6, 6.07) is 21.6. The molecule has 1 saturated carbocycles. The van der Waals surface area contributed by atoms with Gasteiger partial charge in [0.1, 0.15) is 40.7 Å². The molecule has 0 aliphatic heterocycles. The molecule has 4 rings (SSSR count). The van der Waals surface area contributed by atoms with Crippen molar-refractivity contribution < 1.29 is 19.0 Å². The number of hydrogen-bond donors (Lipinski definition) is 1. The van der Waals surface area contributed by atoms with Gasteiger partial charge in [0.05, 0.1) is 6.20 Å². The number of aromatic nitrogens is 1. The molecule has 1 amide bonds. The molecule has 7 heteroatoms. The third-order valence-electron chi connectivity index (χ3n) is 6.36. The van der Waals surface area contributed by atoms with E-state index in [1.54, 1.807) is 18.3 Å². The highest BCUT2D eigenvalue weighted by Crippen LogP contribution is 2.35. The number of ether oxygens (including phenoxy) is 3. The molecule has 0 saturated heterocycles. The van der Waals surface area contributed by atoms with Gasteiger partial charge in [-0.2, -0.15) is 5.26 Å². The average Bonchev–Trinajstić information content (AvgIpc) is 2.83. The van der Waals surface area contributed by atoms with E-state index >= 15 is 0 Å². The number of amides is 1. The Bertz CT molecular complexity index is 1250. The summed E-state index contributed by atoms with van der Waals surface area (Å²) >= 11 is 0. The second-order valence-electron chi connectivity index (χ2n) is 10.8. The van der Waals surface area contributed by atoms with Crippen molar-refractivity contribution in [3.05, 3.63) is 83.7 Å². The van der Waals surface area contributed by atoms with Crippen LogP contribution in [0.2, 0.25) is 0 Å². The van der Waals surface area contributed by atoms with Gasteiger partial charge in [0.15, 0.2) is 0 Å². The Morgan fingerprint density at radius 3 is 1.97 bits per heavy atom. The summed E-state index contributed by atoms with van der Waals surface area (Å²) in [5, 5.41) is 11.8. The largest absolute Gasteiger partial charge is 0.490 e. The molecule has 7 nitrogen and oxygen atoms in total. The smallest absolute Gasteiger partial charge is 0.407 e. The van der Waals surface area contributed by atoms with Crippen LogP contribution < -0.4 is 14.8 Å². The minimum Gasteiger partial charge on any atom is -0.490 e. The van der Waals surface area contributed by atoms with Crippen LogP contribution in [-0.2, 0) is 10.2 Å². The average molecular weight is 500 g/mol. The van der Waals surface area contributed by atoms with E-state index < -0.39 is 5.60 Å². The van der Waals surface area contributed by atoms with E-state index in [1.165, 1.54) is 5.56 Å². The van der Waals surface area contributed by atoms with Crippen molar-refractivity contribution >= 4 is 6.09 Å². The summed E-state index contributed by atoms with van der Waals surface area (Å²) < 4.78 is 17.3. The van der Waals surface area contributed by atoms with Crippen molar-refractivity contribution in [3.63, 3.8) is 0 Å². The lowest BCUT2D eigenvalue weighted by molar-refractivity contribution is 0.0363. The fourth-order valence-corrected chi connectivity index (χ4v) is 4.15. The molecule has 192 valence electrons. The Hall–Kier alpha value is -4.05. The Balaban J connectivity index is 1.30. The molecule has 1 aromatic heterocycles. The van der Waals surface area contributed by atoms with Crippen molar-refractivity contribution in [1.29, 1.82) is 5.26 Å². The molecule has 3 aromatic rings. The van der Waals surface area contributed by atoms with Gasteiger partial charge < -0.3 is 19.5 Å². The number of nitriles is 1. The predicted molar refractivity (Wildman–Crippen MR) is 141 cm³/mol. The molecular formula is C30H33N3O4. The lowest BCUT2D eigenvalue weighted by Gasteiger charge is -2.36. The molecule has 0 unspecified atom stereocenters. The van der Waals surface area contributed by atoms with Crippen LogP contribution in [0.3, 0.4) is 0 Å². The summed E-state index contributed by atoms with van der Waals surface area (Å²) in [5.74, 6) is 2.11. The van der Waals surface area contributed by atoms with Gasteiger partial charge in [-0.25, -0.2) is 9.78 Å². The number of carbonyl (C=O) groups is 1. The third kappa shape index (κ3) is 6.79. The molecule has 1 aliphatic carbocycles. The summed E-state index contributed by atoms with van der Waals surface area (Å²) in [6.07, 6.45) is 2.77. The van der Waals surface area contributed by atoms with Crippen molar-refractivity contribution in [1.82, 2.24) is 10.3 Å². The highest BCUT2D eigenvalue weighted by atomic mass is 16.6. The van der Waals surface area contributed by atoms with E-state index in [4.69, 9.17) is 19.5 Å². The SMILES string of the molecule is CC(C)(C)OC(=O)NC1CC(Oc2ccc(C(C)(C)c3ccc(Oc4ccc(C#N)nc4)cc3)cc2)C1. The van der Waals surface area contributed by atoms with Crippen LogP contribution in [0.5, 0.6) is 17.2 Å². The third-order valence-corrected chi connectivity index (χ3v) is 6.36. The van der Waals surface area contributed by atoms with Gasteiger partial charge in [0, 0.05) is 24.3 Å². The van der Waals surface area contributed by atoms with E-state index in [0.717, 1.165) is 24.2 Å². The summed E-state index contributed by atoms with van der Waals surface area (Å²) in [4.78, 5) is 15.9. The summed E-state index contributed by atoms with van der Waals surface area (Å²) in [6.45, 7) is 9.92. The number of carbonyl (C=O) groups excluding carboxylic acids is 1. The molecule has 1 fully saturated rings. The fraction of sp³-hybridized carbons (Fsp3) is 0.367. The highest BCUT2D eigenvalue weighted by molar-refractivity contribution is 5.68. The standard InChI is InChI=1S/C30H33N3O4/c1-29(2,3)37-28(34)33-23-16-27(17-23)36-25-13-8-21(9-14-25)30(4,5)20-6-11-24(12-7-20)35-26-15-10-22(18-31)32-19-26/h6-15,19,23,27H,16-17H2,1-5H3,(H,33,34). The monoisotopic (exact) mass is 499 g/mol. The number of nitrogens with zero attached hydrogens (tertiary/aromatic N) is 2. The first-order chi connectivity index (χ1) is 17.5. The zero-order chi connectivity index (χ0) is 26.6. The van der Waals surface area contributed by atoms with Crippen LogP contribution >= 0.6 is 0 Å². The number of nitrogens with one attached hydrogen (secondary N) is 1. The molecule has 1 heterocycles. The first-order valence-electron chi connectivity index (χ1n) is 12.4. The van der Waals surface area contributed by atoms with E-state index in [-0.39, 0.29) is 23.7 Å². The lowest BCUT2D eigenvalue weighted by Crippen LogP contribution is -2.50. The minimum absolute atomic E-state index is 0.0812. The number of alkyl carbamates (subject to hydrolysis) is 1. The molecule has 0 radical (unpaired) electrons. The fourth-order valence-electron chi connectivity index (χ4n) is 4.15. The number of pyridine rings is 1. The van der Waals surface area contributed by atoms with E-state index in [2.05, 4.69) is 48.4 Å². The second-order valence-corrected chi connectivity index (χ2v) is 10.8. The maximum absolute atomic E-state index is 11.9. The van der Waals surface area contributed by atoms with Gasteiger partial charge in [-0.3, -0.25) is 0 Å². The number of hydrogen-bond acceptors (Lipinski definition) is 6. The predicted octanol–water partition coefficient (Wildman–Crippen LogP) is 6.51. The van der Waals surface area contributed by atoms with Gasteiger partial charge in [-0.05, 0) is 68.3 Å². The van der Waals surface area contributed by atoms with Crippen LogP contribution in [0, 0.1) is 11.3 Å². The van der Waals surface area contributed by atoms with Crippen LogP contribution in [0.15, 0.2) is 66.9 Å². The Morgan fingerprint density at radius 1 is 0.892 bits per heavy atom. The molecular weight excluding hydrogens is 466 g/mol. The normalized spacial score (nSPS) is 17.2. The van der Waals surface area contributed by atoms with Crippen molar-refractivity contribution in [2.24, 2.45) is 0 Å². The van der Waals surface area contributed by atoms with Crippen LogP contribution in [0.4, 0.5) is 4.79 Å². The Morgan fingerprint density at radius 2 is 1.46 bits per heavy atom. The Labute approximate surface area is 218 Å². The maximum atomic E-state index is 11.9. The van der Waals surface area contributed by atoms with Crippen LogP contribution in [0.25, 0.3) is 0 Å². The summed E-state index contributed by atoms with van der Waals surface area (Å²) in [7, 11) is 0. The molecule has 0 bridgehead atoms. The molecule has 1 N–H and O–H groups in total. The molecule has 1 aliphatic rings. The summed E-state index contributed by atoms with van der Waals surface area (Å²) in [5.41, 5.74) is 1.96. The number of rotatable bonds is 7. The molecule has 37 heavy (non-hydrogen) atoms. The van der Waals surface area contributed by atoms with Crippen molar-refractivity contribution in [3.8, 4) is 23.3 Å². The van der Waals surface area contributed by atoms with Gasteiger partial charge in [-0.1, -0.05) is 38.1 Å². The zero-order valence-electron chi connectivity index (χ0n) is 21.9. The first kappa shape index (κ1) is 26.0. The van der Waals surface area contributed by atoms with Crippen LogP contribution in [0.1, 0.15) is 64.3 Å². The van der Waals surface area contributed by atoms with Crippen molar-refractivity contribution in [2.45, 2.75) is 70.6 Å². The van der Waals surface area contributed by atoms with E-state index in [1.807, 2.05) is 51.1 Å². The van der Waals surface area contributed by atoms with Crippen molar-refractivity contribution in [2.75, 3.05) is 0 Å². The van der Waals surface area contributed by atoms with Gasteiger partial charge in [-0.15, -0.1) is 0 Å². The molecule has 0 atom stereocenters. The Kier molecular flexibility index (Phi) is 7.40. The van der Waals surface area contributed by atoms with Gasteiger partial charge >= 0.3 is 6.09 Å². The lowest BCUT2D eigenvalue weighted by atomic mass is 9.78. The van der Waals surface area contributed by atoms with Gasteiger partial charge in [0.25, 0.3) is 0 Å². The minimum atomic E-state index is -0.501. The first-order valence-corrected chi connectivity index (χ1v) is 12.4. The maximum Gasteiger partial charge on any atom is 0.407 e. The topological polar surface area (TPSA) is 93.5 Å². The number of benzene rings is 2. The highest BCUT2D eigenvalue weighted by Gasteiger charge is 2.33. The quantitative estimate of drug-likeness (QED) is 0.398. The van der Waals surface area contributed by atoms with E-state index in [9.17, 15) is 4.79 Å². The molecule has 0 spiro atoms. The molecule has 2 aromatic carbocycles. The zero-order valence-corrected chi connectivity index (χ0v) is 21.9. The van der Waals surface area contributed by atoms with Gasteiger partial charge in [0.2, 0.25) is 0 Å². The second kappa shape index (κ2) is 10.5. The van der Waals surface area contributed by atoms with E-state index in [0.29, 0.717) is 17.2 Å².